The number of rotatable bonds is 3. The maximum atomic E-state index is 4.42. The van der Waals surface area contributed by atoms with Crippen LogP contribution in [0.2, 0.25) is 0 Å². The number of hydrogen-bond donors (Lipinski definition) is 0. The summed E-state index contributed by atoms with van der Waals surface area (Å²) in [5, 5.41) is 9.04. The Morgan fingerprint density at radius 3 is 3.12 bits per heavy atom. The third-order valence-electron chi connectivity index (χ3n) is 2.14. The summed E-state index contributed by atoms with van der Waals surface area (Å²) in [6.07, 6.45) is 5.68. The number of aryl methyl sites for hydroxylation is 1. The SMILES string of the molecule is Cc1nnc(SCc2cn3cccnc3n2)s1. The van der Waals surface area contributed by atoms with Crippen LogP contribution in [0.1, 0.15) is 10.7 Å². The lowest BCUT2D eigenvalue weighted by atomic mass is 10.6. The summed E-state index contributed by atoms with van der Waals surface area (Å²) >= 11 is 3.26. The van der Waals surface area contributed by atoms with Crippen molar-refractivity contribution in [2.45, 2.75) is 17.0 Å². The minimum absolute atomic E-state index is 0.733. The van der Waals surface area contributed by atoms with Crippen LogP contribution in [0.5, 0.6) is 0 Å². The van der Waals surface area contributed by atoms with Gasteiger partial charge in [0.15, 0.2) is 4.34 Å². The fourth-order valence-electron chi connectivity index (χ4n) is 1.42. The van der Waals surface area contributed by atoms with E-state index >= 15 is 0 Å². The molecule has 7 heteroatoms. The average molecular weight is 263 g/mol. The highest BCUT2D eigenvalue weighted by molar-refractivity contribution is 8.00. The smallest absolute Gasteiger partial charge is 0.233 e. The van der Waals surface area contributed by atoms with Crippen molar-refractivity contribution in [2.24, 2.45) is 0 Å². The molecular formula is C10H9N5S2. The fraction of sp³-hybridized carbons (Fsp3) is 0.200. The van der Waals surface area contributed by atoms with Crippen molar-refractivity contribution in [1.29, 1.82) is 0 Å². The van der Waals surface area contributed by atoms with Gasteiger partial charge in [-0.05, 0) is 13.0 Å². The van der Waals surface area contributed by atoms with Crippen LogP contribution >= 0.6 is 23.1 Å². The zero-order valence-corrected chi connectivity index (χ0v) is 10.7. The van der Waals surface area contributed by atoms with Gasteiger partial charge < -0.3 is 0 Å². The van der Waals surface area contributed by atoms with Crippen LogP contribution in [0, 0.1) is 6.92 Å². The van der Waals surface area contributed by atoms with Crippen molar-refractivity contribution in [1.82, 2.24) is 24.6 Å². The van der Waals surface area contributed by atoms with E-state index in [0.717, 1.165) is 26.6 Å². The number of thioether (sulfide) groups is 1. The van der Waals surface area contributed by atoms with Crippen molar-refractivity contribution in [2.75, 3.05) is 0 Å². The van der Waals surface area contributed by atoms with E-state index in [1.807, 2.05) is 29.8 Å². The van der Waals surface area contributed by atoms with Gasteiger partial charge >= 0.3 is 0 Å². The number of fused-ring (bicyclic) bond motifs is 1. The second-order valence-corrected chi connectivity index (χ2v) is 5.84. The minimum Gasteiger partial charge on any atom is -0.291 e. The number of nitrogens with zero attached hydrogens (tertiary/aromatic N) is 5. The fourth-order valence-corrected chi connectivity index (χ4v) is 3.12. The lowest BCUT2D eigenvalue weighted by Crippen LogP contribution is -1.83. The Labute approximate surface area is 106 Å². The Balaban J connectivity index is 1.76. The van der Waals surface area contributed by atoms with Crippen LogP contribution < -0.4 is 0 Å². The van der Waals surface area contributed by atoms with Crippen molar-refractivity contribution in [3.05, 3.63) is 35.4 Å². The normalized spacial score (nSPS) is 11.1. The molecule has 0 amide bonds. The molecule has 5 nitrogen and oxygen atoms in total. The van der Waals surface area contributed by atoms with Crippen molar-refractivity contribution in [3.63, 3.8) is 0 Å². The molecule has 0 unspecified atom stereocenters. The maximum Gasteiger partial charge on any atom is 0.233 e. The first-order valence-electron chi connectivity index (χ1n) is 5.03. The van der Waals surface area contributed by atoms with E-state index in [0.29, 0.717) is 0 Å². The van der Waals surface area contributed by atoms with Crippen molar-refractivity contribution < 1.29 is 0 Å². The van der Waals surface area contributed by atoms with E-state index in [-0.39, 0.29) is 0 Å². The van der Waals surface area contributed by atoms with Gasteiger partial charge in [0, 0.05) is 24.3 Å². The monoisotopic (exact) mass is 263 g/mol. The number of aromatic nitrogens is 5. The van der Waals surface area contributed by atoms with E-state index in [1.165, 1.54) is 0 Å². The van der Waals surface area contributed by atoms with Gasteiger partial charge in [-0.3, -0.25) is 4.40 Å². The molecule has 0 aliphatic carbocycles. The van der Waals surface area contributed by atoms with Gasteiger partial charge in [-0.1, -0.05) is 23.1 Å². The Morgan fingerprint density at radius 1 is 1.41 bits per heavy atom. The van der Waals surface area contributed by atoms with Gasteiger partial charge in [-0.2, -0.15) is 0 Å². The number of imidazole rings is 1. The lowest BCUT2D eigenvalue weighted by molar-refractivity contribution is 0.983. The van der Waals surface area contributed by atoms with E-state index in [1.54, 1.807) is 29.3 Å². The summed E-state index contributed by atoms with van der Waals surface area (Å²) in [5.41, 5.74) is 1.00. The first-order chi connectivity index (χ1) is 8.31. The summed E-state index contributed by atoms with van der Waals surface area (Å²) in [4.78, 5) is 8.60. The number of hydrogen-bond acceptors (Lipinski definition) is 6. The Bertz CT molecular complexity index is 612. The van der Waals surface area contributed by atoms with Gasteiger partial charge in [-0.15, -0.1) is 10.2 Å². The molecule has 0 N–H and O–H groups in total. The molecule has 0 aliphatic rings. The molecule has 3 heterocycles. The van der Waals surface area contributed by atoms with Crippen molar-refractivity contribution in [3.8, 4) is 0 Å². The van der Waals surface area contributed by atoms with Gasteiger partial charge in [0.1, 0.15) is 5.01 Å². The van der Waals surface area contributed by atoms with Gasteiger partial charge in [0.2, 0.25) is 5.78 Å². The largest absolute Gasteiger partial charge is 0.291 e. The summed E-state index contributed by atoms with van der Waals surface area (Å²) < 4.78 is 2.90. The molecule has 86 valence electrons. The molecule has 0 saturated carbocycles. The molecule has 0 atom stereocenters. The standard InChI is InChI=1S/C10H9N5S2/c1-7-13-14-10(17-7)16-6-8-5-15-4-2-3-11-9(15)12-8/h2-5H,6H2,1H3. The first kappa shape index (κ1) is 10.7. The van der Waals surface area contributed by atoms with Gasteiger partial charge in [-0.25, -0.2) is 9.97 Å². The Kier molecular flexibility index (Phi) is 2.77. The van der Waals surface area contributed by atoms with Crippen LogP contribution in [0.25, 0.3) is 5.78 Å². The molecule has 0 aromatic carbocycles. The second kappa shape index (κ2) is 4.42. The zero-order chi connectivity index (χ0) is 11.7. The highest BCUT2D eigenvalue weighted by Gasteiger charge is 2.05. The molecule has 0 spiro atoms. The van der Waals surface area contributed by atoms with E-state index in [2.05, 4.69) is 20.2 Å². The predicted molar refractivity (Wildman–Crippen MR) is 67.2 cm³/mol. The maximum absolute atomic E-state index is 4.42. The second-order valence-electron chi connectivity index (χ2n) is 3.43. The summed E-state index contributed by atoms with van der Waals surface area (Å²) in [7, 11) is 0. The molecular weight excluding hydrogens is 254 g/mol. The third kappa shape index (κ3) is 2.29. The van der Waals surface area contributed by atoms with Crippen LogP contribution in [-0.4, -0.2) is 24.6 Å². The average Bonchev–Trinajstić information content (AvgIpc) is 2.91. The Morgan fingerprint density at radius 2 is 2.35 bits per heavy atom. The zero-order valence-electron chi connectivity index (χ0n) is 9.07. The molecule has 0 radical (unpaired) electrons. The molecule has 0 aliphatic heterocycles. The van der Waals surface area contributed by atoms with E-state index in [9.17, 15) is 0 Å². The minimum atomic E-state index is 0.733. The topological polar surface area (TPSA) is 56.0 Å². The van der Waals surface area contributed by atoms with Gasteiger partial charge in [0.25, 0.3) is 0 Å². The van der Waals surface area contributed by atoms with Crippen molar-refractivity contribution >= 4 is 28.9 Å². The van der Waals surface area contributed by atoms with E-state index in [4.69, 9.17) is 0 Å². The molecule has 0 saturated heterocycles. The van der Waals surface area contributed by atoms with E-state index < -0.39 is 0 Å². The van der Waals surface area contributed by atoms with Gasteiger partial charge in [0.05, 0.1) is 5.69 Å². The van der Waals surface area contributed by atoms with Crippen LogP contribution in [0.3, 0.4) is 0 Å². The summed E-state index contributed by atoms with van der Waals surface area (Å²) in [6, 6.07) is 1.89. The molecule has 3 aromatic rings. The molecule has 17 heavy (non-hydrogen) atoms. The van der Waals surface area contributed by atoms with Crippen LogP contribution in [0.4, 0.5) is 0 Å². The molecule has 3 rings (SSSR count). The highest BCUT2D eigenvalue weighted by atomic mass is 32.2. The highest BCUT2D eigenvalue weighted by Crippen LogP contribution is 2.25. The Hall–Kier alpha value is -1.47. The molecule has 3 aromatic heterocycles. The summed E-state index contributed by atoms with van der Waals surface area (Å²) in [6.45, 7) is 1.95. The molecule has 0 fully saturated rings. The van der Waals surface area contributed by atoms with Crippen LogP contribution in [-0.2, 0) is 5.75 Å². The van der Waals surface area contributed by atoms with Crippen LogP contribution in [0.15, 0.2) is 29.0 Å². The quantitative estimate of drug-likeness (QED) is 0.678. The molecule has 0 bridgehead atoms. The lowest BCUT2D eigenvalue weighted by Gasteiger charge is -1.90. The first-order valence-corrected chi connectivity index (χ1v) is 6.83. The summed E-state index contributed by atoms with van der Waals surface area (Å²) in [5.74, 6) is 1.52. The predicted octanol–water partition coefficient (Wildman–Crippen LogP) is 2.18. The third-order valence-corrected chi connectivity index (χ3v) is 4.14.